The predicted octanol–water partition coefficient (Wildman–Crippen LogP) is 3.03. The topological polar surface area (TPSA) is 21.3 Å². The van der Waals surface area contributed by atoms with Crippen LogP contribution in [0.25, 0.3) is 0 Å². The van der Waals surface area contributed by atoms with Gasteiger partial charge in [-0.1, -0.05) is 13.0 Å². The van der Waals surface area contributed by atoms with Crippen molar-refractivity contribution in [2.45, 2.75) is 44.6 Å². The van der Waals surface area contributed by atoms with Crippen molar-refractivity contribution in [1.29, 1.82) is 0 Å². The van der Waals surface area contributed by atoms with Gasteiger partial charge >= 0.3 is 0 Å². The maximum Gasteiger partial charge on any atom is 0.119 e. The van der Waals surface area contributed by atoms with Crippen molar-refractivity contribution in [3.8, 4) is 5.75 Å². The molecule has 2 heteroatoms. The number of methoxy groups -OCH3 is 1. The zero-order valence-corrected chi connectivity index (χ0v) is 11.3. The highest BCUT2D eigenvalue weighted by molar-refractivity contribution is 5.40. The molecule has 0 amide bonds. The van der Waals surface area contributed by atoms with Gasteiger partial charge in [0.1, 0.15) is 5.75 Å². The van der Waals surface area contributed by atoms with Gasteiger partial charge in [0.05, 0.1) is 7.11 Å². The van der Waals surface area contributed by atoms with E-state index in [0.717, 1.165) is 5.75 Å². The molecular formula is C15H23NO. The van der Waals surface area contributed by atoms with Crippen molar-refractivity contribution >= 4 is 0 Å². The van der Waals surface area contributed by atoms with Gasteiger partial charge in [-0.3, -0.25) is 0 Å². The highest BCUT2D eigenvalue weighted by Gasteiger charge is 2.36. The average molecular weight is 233 g/mol. The smallest absolute Gasteiger partial charge is 0.119 e. The summed E-state index contributed by atoms with van der Waals surface area (Å²) < 4.78 is 5.28. The summed E-state index contributed by atoms with van der Waals surface area (Å²) >= 11 is 0. The van der Waals surface area contributed by atoms with Gasteiger partial charge in [0.2, 0.25) is 0 Å². The Balaban J connectivity index is 2.28. The first-order valence-corrected chi connectivity index (χ1v) is 6.41. The molecule has 0 bridgehead atoms. The normalized spacial score (nSPS) is 28.4. The Bertz CT molecular complexity index is 402. The van der Waals surface area contributed by atoms with Crippen LogP contribution >= 0.6 is 0 Å². The lowest BCUT2D eigenvalue weighted by Gasteiger charge is -2.27. The number of hydrogen-bond acceptors (Lipinski definition) is 2. The molecule has 1 aromatic carbocycles. The van der Waals surface area contributed by atoms with Crippen LogP contribution in [0.3, 0.4) is 0 Å². The van der Waals surface area contributed by atoms with E-state index in [1.54, 1.807) is 7.11 Å². The lowest BCUT2D eigenvalue weighted by molar-refractivity contribution is 0.412. The molecule has 2 rings (SSSR count). The molecule has 0 aliphatic heterocycles. The minimum Gasteiger partial charge on any atom is -0.497 e. The fourth-order valence-corrected chi connectivity index (χ4v) is 3.17. The van der Waals surface area contributed by atoms with E-state index in [1.807, 2.05) is 0 Å². The Labute approximate surface area is 104 Å². The molecule has 0 saturated heterocycles. The van der Waals surface area contributed by atoms with Gasteiger partial charge in [0, 0.05) is 6.04 Å². The first kappa shape index (κ1) is 12.4. The number of benzene rings is 1. The van der Waals surface area contributed by atoms with Crippen molar-refractivity contribution < 1.29 is 4.74 Å². The third-order valence-electron chi connectivity index (χ3n) is 4.23. The first-order valence-electron chi connectivity index (χ1n) is 6.41. The Hall–Kier alpha value is -1.02. The molecule has 17 heavy (non-hydrogen) atoms. The van der Waals surface area contributed by atoms with Gasteiger partial charge in [-0.25, -0.2) is 0 Å². The predicted molar refractivity (Wildman–Crippen MR) is 71.8 cm³/mol. The van der Waals surface area contributed by atoms with Crippen LogP contribution in [-0.2, 0) is 5.41 Å². The summed E-state index contributed by atoms with van der Waals surface area (Å²) in [6, 6.07) is 7.14. The van der Waals surface area contributed by atoms with Gasteiger partial charge < -0.3 is 10.1 Å². The quantitative estimate of drug-likeness (QED) is 0.866. The van der Waals surface area contributed by atoms with E-state index >= 15 is 0 Å². The molecule has 0 spiro atoms. The van der Waals surface area contributed by atoms with Crippen LogP contribution in [0.4, 0.5) is 0 Å². The zero-order chi connectivity index (χ0) is 12.5. The van der Waals surface area contributed by atoms with Crippen LogP contribution < -0.4 is 10.1 Å². The summed E-state index contributed by atoms with van der Waals surface area (Å²) in [5.41, 5.74) is 3.16. The molecule has 1 saturated carbocycles. The van der Waals surface area contributed by atoms with E-state index in [-0.39, 0.29) is 0 Å². The maximum absolute atomic E-state index is 5.28. The SMILES string of the molecule is CNC1CCC(C)(c2ccc(OC)cc2C)C1. The lowest BCUT2D eigenvalue weighted by atomic mass is 9.78. The van der Waals surface area contributed by atoms with E-state index in [0.29, 0.717) is 11.5 Å². The summed E-state index contributed by atoms with van der Waals surface area (Å²) in [6.07, 6.45) is 3.78. The summed E-state index contributed by atoms with van der Waals surface area (Å²) in [5.74, 6) is 0.956. The fraction of sp³-hybridized carbons (Fsp3) is 0.600. The van der Waals surface area contributed by atoms with Gasteiger partial charge in [-0.05, 0) is 61.9 Å². The second-order valence-corrected chi connectivity index (χ2v) is 5.47. The van der Waals surface area contributed by atoms with Crippen molar-refractivity contribution in [1.82, 2.24) is 5.32 Å². The minimum absolute atomic E-state index is 0.323. The minimum atomic E-state index is 0.323. The Morgan fingerprint density at radius 2 is 2.18 bits per heavy atom. The number of aryl methyl sites for hydroxylation is 1. The number of nitrogens with one attached hydrogen (secondary N) is 1. The van der Waals surface area contributed by atoms with Crippen LogP contribution in [0.2, 0.25) is 0 Å². The van der Waals surface area contributed by atoms with Crippen molar-refractivity contribution in [3.05, 3.63) is 29.3 Å². The number of ether oxygens (including phenoxy) is 1. The van der Waals surface area contributed by atoms with Gasteiger partial charge in [-0.15, -0.1) is 0 Å². The molecular weight excluding hydrogens is 210 g/mol. The molecule has 1 N–H and O–H groups in total. The number of rotatable bonds is 3. The third kappa shape index (κ3) is 2.32. The average Bonchev–Trinajstić information content (AvgIpc) is 2.71. The Morgan fingerprint density at radius 3 is 2.71 bits per heavy atom. The molecule has 2 atom stereocenters. The van der Waals surface area contributed by atoms with Gasteiger partial charge in [-0.2, -0.15) is 0 Å². The molecule has 2 nitrogen and oxygen atoms in total. The zero-order valence-electron chi connectivity index (χ0n) is 11.3. The molecule has 0 heterocycles. The summed E-state index contributed by atoms with van der Waals surface area (Å²) in [7, 11) is 3.79. The van der Waals surface area contributed by atoms with E-state index in [9.17, 15) is 0 Å². The molecule has 1 aliphatic rings. The Kier molecular flexibility index (Phi) is 3.43. The van der Waals surface area contributed by atoms with Crippen molar-refractivity contribution in [2.24, 2.45) is 0 Å². The second-order valence-electron chi connectivity index (χ2n) is 5.47. The highest BCUT2D eigenvalue weighted by atomic mass is 16.5. The van der Waals surface area contributed by atoms with Crippen LogP contribution in [0, 0.1) is 6.92 Å². The molecule has 2 unspecified atom stereocenters. The van der Waals surface area contributed by atoms with Crippen LogP contribution in [-0.4, -0.2) is 20.2 Å². The van der Waals surface area contributed by atoms with Crippen molar-refractivity contribution in [3.63, 3.8) is 0 Å². The van der Waals surface area contributed by atoms with Crippen LogP contribution in [0.1, 0.15) is 37.3 Å². The summed E-state index contributed by atoms with van der Waals surface area (Å²) in [4.78, 5) is 0. The maximum atomic E-state index is 5.28. The van der Waals surface area contributed by atoms with E-state index in [4.69, 9.17) is 4.74 Å². The fourth-order valence-electron chi connectivity index (χ4n) is 3.17. The molecule has 0 aromatic heterocycles. The molecule has 0 radical (unpaired) electrons. The van der Waals surface area contributed by atoms with Crippen LogP contribution in [0.5, 0.6) is 5.75 Å². The lowest BCUT2D eigenvalue weighted by Crippen LogP contribution is -2.26. The number of hydrogen-bond donors (Lipinski definition) is 1. The summed E-state index contributed by atoms with van der Waals surface area (Å²) in [6.45, 7) is 4.58. The highest BCUT2D eigenvalue weighted by Crippen LogP contribution is 2.42. The molecule has 94 valence electrons. The monoisotopic (exact) mass is 233 g/mol. The first-order chi connectivity index (χ1) is 8.09. The largest absolute Gasteiger partial charge is 0.497 e. The Morgan fingerprint density at radius 1 is 1.41 bits per heavy atom. The molecule has 1 fully saturated rings. The standard InChI is InChI=1S/C15H23NO/c1-11-9-13(17-4)5-6-14(11)15(2)8-7-12(10-15)16-3/h5-6,9,12,16H,7-8,10H2,1-4H3. The summed E-state index contributed by atoms with van der Waals surface area (Å²) in [5, 5.41) is 3.41. The van der Waals surface area contributed by atoms with E-state index in [2.05, 4.69) is 44.4 Å². The van der Waals surface area contributed by atoms with Crippen LogP contribution in [0.15, 0.2) is 18.2 Å². The molecule has 1 aromatic rings. The molecule has 1 aliphatic carbocycles. The van der Waals surface area contributed by atoms with Gasteiger partial charge in [0.15, 0.2) is 0 Å². The third-order valence-corrected chi connectivity index (χ3v) is 4.23. The van der Waals surface area contributed by atoms with Gasteiger partial charge in [0.25, 0.3) is 0 Å². The van der Waals surface area contributed by atoms with Crippen molar-refractivity contribution in [2.75, 3.05) is 14.2 Å². The van der Waals surface area contributed by atoms with E-state index in [1.165, 1.54) is 30.4 Å². The van der Waals surface area contributed by atoms with E-state index < -0.39 is 0 Å². The second kappa shape index (κ2) is 4.69.